The maximum Gasteiger partial charge on any atom is 0.0453 e. The van der Waals surface area contributed by atoms with Gasteiger partial charge in [0.15, 0.2) is 0 Å². The van der Waals surface area contributed by atoms with E-state index in [1.807, 2.05) is 34.0 Å². The lowest BCUT2D eigenvalue weighted by atomic mass is 10.1. The highest BCUT2D eigenvalue weighted by molar-refractivity contribution is 7.26. The average molecular weight is 351 g/mol. The van der Waals surface area contributed by atoms with Gasteiger partial charge < -0.3 is 0 Å². The third-order valence-corrected chi connectivity index (χ3v) is 7.55. The Hall–Kier alpha value is -1.68. The van der Waals surface area contributed by atoms with Crippen molar-refractivity contribution in [1.82, 2.24) is 0 Å². The van der Waals surface area contributed by atoms with E-state index in [1.54, 1.807) is 0 Å². The number of hydrogen-bond donors (Lipinski definition) is 0. The minimum Gasteiger partial charge on any atom is -0.143 e. The molecule has 0 aliphatic carbocycles. The van der Waals surface area contributed by atoms with Gasteiger partial charge in [-0.15, -0.1) is 34.0 Å². The van der Waals surface area contributed by atoms with Crippen molar-refractivity contribution in [3.63, 3.8) is 0 Å². The van der Waals surface area contributed by atoms with Crippen LogP contribution in [-0.2, 0) is 12.8 Å². The summed E-state index contributed by atoms with van der Waals surface area (Å²) >= 11 is 5.74. The third kappa shape index (κ3) is 2.49. The summed E-state index contributed by atoms with van der Waals surface area (Å²) in [7, 11) is 0. The molecule has 0 unspecified atom stereocenters. The van der Waals surface area contributed by atoms with Crippen LogP contribution in [0.2, 0.25) is 0 Å². The highest BCUT2D eigenvalue weighted by atomic mass is 32.1. The summed E-state index contributed by atoms with van der Waals surface area (Å²) in [6.45, 7) is 0. The monoisotopic (exact) mass is 350 g/mol. The molecule has 0 radical (unpaired) electrons. The second-order valence-electron chi connectivity index (χ2n) is 5.81. The highest BCUT2D eigenvalue weighted by Gasteiger charge is 2.07. The van der Waals surface area contributed by atoms with Gasteiger partial charge in [-0.1, -0.05) is 24.3 Å². The molecule has 3 heteroatoms. The zero-order valence-corrected chi connectivity index (χ0v) is 14.9. The molecule has 0 saturated heterocycles. The lowest BCUT2D eigenvalue weighted by Gasteiger charge is -1.96. The summed E-state index contributed by atoms with van der Waals surface area (Å²) in [6.07, 6.45) is 2.29. The first-order valence-electron chi connectivity index (χ1n) is 7.72. The molecule has 3 aromatic heterocycles. The fraction of sp³-hybridized carbons (Fsp3) is 0.100. The maximum absolute atomic E-state index is 2.38. The van der Waals surface area contributed by atoms with Crippen LogP contribution in [0.3, 0.4) is 0 Å². The van der Waals surface area contributed by atoms with E-state index in [0.717, 1.165) is 12.8 Å². The first-order chi connectivity index (χ1) is 11.3. The molecule has 0 spiro atoms. The second kappa shape index (κ2) is 5.45. The molecule has 0 fully saturated rings. The minimum absolute atomic E-state index is 1.14. The Morgan fingerprint density at radius 2 is 1.35 bits per heavy atom. The molecule has 0 aliphatic rings. The van der Waals surface area contributed by atoms with Crippen LogP contribution in [0.1, 0.15) is 9.75 Å². The number of thiophene rings is 3. The molecule has 0 N–H and O–H groups in total. The molecule has 0 bridgehead atoms. The largest absolute Gasteiger partial charge is 0.143 e. The molecule has 3 heterocycles. The lowest BCUT2D eigenvalue weighted by molar-refractivity contribution is 1.01. The van der Waals surface area contributed by atoms with Gasteiger partial charge in [0.2, 0.25) is 0 Å². The summed E-state index contributed by atoms with van der Waals surface area (Å²) in [5.41, 5.74) is 0. The summed E-state index contributed by atoms with van der Waals surface area (Å²) in [6, 6.07) is 20.3. The molecule has 0 aliphatic heterocycles. The first-order valence-corrected chi connectivity index (χ1v) is 10.2. The van der Waals surface area contributed by atoms with Crippen molar-refractivity contribution in [3.8, 4) is 0 Å². The molecule has 23 heavy (non-hydrogen) atoms. The molecule has 5 aromatic rings. The van der Waals surface area contributed by atoms with E-state index in [9.17, 15) is 0 Å². The predicted octanol–water partition coefficient (Wildman–Crippen LogP) is 7.12. The van der Waals surface area contributed by atoms with Gasteiger partial charge in [0.25, 0.3) is 0 Å². The molecular weight excluding hydrogens is 336 g/mol. The van der Waals surface area contributed by atoms with E-state index in [0.29, 0.717) is 0 Å². The van der Waals surface area contributed by atoms with Crippen LogP contribution >= 0.6 is 34.0 Å². The fourth-order valence-electron chi connectivity index (χ4n) is 3.09. The van der Waals surface area contributed by atoms with Crippen molar-refractivity contribution in [2.75, 3.05) is 0 Å². The van der Waals surface area contributed by atoms with Crippen LogP contribution in [0, 0.1) is 0 Å². The van der Waals surface area contributed by atoms with Gasteiger partial charge in [0.05, 0.1) is 0 Å². The molecule has 0 atom stereocenters. The average Bonchev–Trinajstić information content (AvgIpc) is 3.24. The molecular formula is C20H14S3. The highest BCUT2D eigenvalue weighted by Crippen LogP contribution is 2.33. The van der Waals surface area contributed by atoms with Crippen LogP contribution in [0.4, 0.5) is 0 Å². The Balaban J connectivity index is 1.45. The fourth-order valence-corrected chi connectivity index (χ4v) is 6.32. The molecule has 0 saturated carbocycles. The summed E-state index contributed by atoms with van der Waals surface area (Å²) in [5, 5.41) is 6.24. The van der Waals surface area contributed by atoms with E-state index in [2.05, 4.69) is 60.0 Å². The van der Waals surface area contributed by atoms with Gasteiger partial charge >= 0.3 is 0 Å². The van der Waals surface area contributed by atoms with Gasteiger partial charge in [-0.3, -0.25) is 0 Å². The number of hydrogen-bond acceptors (Lipinski definition) is 3. The smallest absolute Gasteiger partial charge is 0.0453 e. The predicted molar refractivity (Wildman–Crippen MR) is 106 cm³/mol. The Bertz CT molecular complexity index is 1040. The number of benzene rings is 2. The second-order valence-corrected chi connectivity index (χ2v) is 9.10. The molecule has 2 aromatic carbocycles. The van der Waals surface area contributed by atoms with Crippen molar-refractivity contribution in [3.05, 3.63) is 69.7 Å². The molecule has 0 amide bonds. The van der Waals surface area contributed by atoms with E-state index in [1.165, 1.54) is 40.0 Å². The van der Waals surface area contributed by atoms with Crippen LogP contribution in [0.25, 0.3) is 30.3 Å². The van der Waals surface area contributed by atoms with E-state index in [4.69, 9.17) is 0 Å². The Morgan fingerprint density at radius 3 is 2.17 bits per heavy atom. The number of rotatable bonds is 3. The van der Waals surface area contributed by atoms with Gasteiger partial charge in [-0.25, -0.2) is 0 Å². The zero-order valence-electron chi connectivity index (χ0n) is 12.4. The number of aryl methyl sites for hydroxylation is 2. The van der Waals surface area contributed by atoms with E-state index in [-0.39, 0.29) is 0 Å². The SMILES string of the molecule is c1ccc2cc3sc(CCc4cc5sccc5s4)cc3cc2c1. The number of fused-ring (bicyclic) bond motifs is 3. The van der Waals surface area contributed by atoms with Crippen LogP contribution in [0.5, 0.6) is 0 Å². The zero-order chi connectivity index (χ0) is 15.2. The van der Waals surface area contributed by atoms with Crippen LogP contribution in [-0.4, -0.2) is 0 Å². The van der Waals surface area contributed by atoms with E-state index < -0.39 is 0 Å². The van der Waals surface area contributed by atoms with E-state index >= 15 is 0 Å². The quantitative estimate of drug-likeness (QED) is 0.325. The first kappa shape index (κ1) is 13.7. The molecule has 5 rings (SSSR count). The van der Waals surface area contributed by atoms with Crippen molar-refractivity contribution >= 4 is 64.3 Å². The van der Waals surface area contributed by atoms with Crippen molar-refractivity contribution < 1.29 is 0 Å². The van der Waals surface area contributed by atoms with Gasteiger partial charge in [-0.2, -0.15) is 0 Å². The van der Waals surface area contributed by atoms with Crippen LogP contribution in [0.15, 0.2) is 60.0 Å². The Kier molecular flexibility index (Phi) is 3.25. The topological polar surface area (TPSA) is 0 Å². The molecule has 112 valence electrons. The maximum atomic E-state index is 2.38. The summed E-state index contributed by atoms with van der Waals surface area (Å²) < 4.78 is 4.28. The standard InChI is InChI=1S/C20H14S3/c1-2-4-14-11-19-15(9-13(14)3-1)10-16(23-19)5-6-17-12-20-18(22-17)7-8-21-20/h1-4,7-12H,5-6H2. The Labute approximate surface area is 146 Å². The van der Waals surface area contributed by atoms with Gasteiger partial charge in [0, 0.05) is 23.9 Å². The van der Waals surface area contributed by atoms with Gasteiger partial charge in [0.1, 0.15) is 0 Å². The van der Waals surface area contributed by atoms with Gasteiger partial charge in [-0.05, 0) is 64.7 Å². The van der Waals surface area contributed by atoms with Crippen molar-refractivity contribution in [2.45, 2.75) is 12.8 Å². The van der Waals surface area contributed by atoms with Crippen LogP contribution < -0.4 is 0 Å². The summed E-state index contributed by atoms with van der Waals surface area (Å²) in [4.78, 5) is 3.00. The van der Waals surface area contributed by atoms with Crippen molar-refractivity contribution in [1.29, 1.82) is 0 Å². The van der Waals surface area contributed by atoms with Crippen molar-refractivity contribution in [2.24, 2.45) is 0 Å². The summed E-state index contributed by atoms with van der Waals surface area (Å²) in [5.74, 6) is 0. The lowest BCUT2D eigenvalue weighted by Crippen LogP contribution is -1.83. The normalized spacial score (nSPS) is 11.8. The Morgan fingerprint density at radius 1 is 0.609 bits per heavy atom. The minimum atomic E-state index is 1.14. The molecule has 0 nitrogen and oxygen atoms in total. The third-order valence-electron chi connectivity index (χ3n) is 4.24.